The first kappa shape index (κ1) is 9.03. The fourth-order valence-electron chi connectivity index (χ4n) is 1.15. The van der Waals surface area contributed by atoms with Gasteiger partial charge in [0, 0.05) is 12.8 Å². The fraction of sp³-hybridized carbons (Fsp3) is 0.750. The molecule has 0 unspecified atom stereocenters. The van der Waals surface area contributed by atoms with Gasteiger partial charge in [0.05, 0.1) is 5.27 Å². The molecule has 0 bridgehead atoms. The molecule has 0 saturated carbocycles. The van der Waals surface area contributed by atoms with Gasteiger partial charge in [-0.2, -0.15) is 0 Å². The summed E-state index contributed by atoms with van der Waals surface area (Å²) in [5.41, 5.74) is 0.694. The van der Waals surface area contributed by atoms with Crippen LogP contribution in [0.3, 0.4) is 0 Å². The van der Waals surface area contributed by atoms with Crippen LogP contribution in [0, 0.1) is 0 Å². The van der Waals surface area contributed by atoms with Crippen molar-refractivity contribution in [3.8, 4) is 5.95 Å². The summed E-state index contributed by atoms with van der Waals surface area (Å²) in [6.07, 6.45) is 2.66. The van der Waals surface area contributed by atoms with E-state index in [-0.39, 0.29) is 5.95 Å². The predicted octanol–water partition coefficient (Wildman–Crippen LogP) is 0.398. The molecule has 1 heterocycles. The van der Waals surface area contributed by atoms with E-state index in [1.54, 1.807) is 4.68 Å². The lowest BCUT2D eigenvalue weighted by Gasteiger charge is -1.93. The minimum Gasteiger partial charge on any atom is -0.539 e. The number of rotatable bonds is 4. The van der Waals surface area contributed by atoms with Gasteiger partial charge in [0.1, 0.15) is 0 Å². The second-order valence-corrected chi connectivity index (χ2v) is 2.78. The van der Waals surface area contributed by atoms with Gasteiger partial charge in [0.15, 0.2) is 12.5 Å². The van der Waals surface area contributed by atoms with Crippen molar-refractivity contribution in [3.63, 3.8) is 0 Å². The Labute approximate surface area is 71.8 Å². The highest BCUT2D eigenvalue weighted by molar-refractivity contribution is 5.02. The average molecular weight is 170 g/mol. The zero-order chi connectivity index (χ0) is 8.97. The first-order chi connectivity index (χ1) is 5.79. The van der Waals surface area contributed by atoms with Crippen molar-refractivity contribution < 1.29 is 14.3 Å². The number of nitrogens with zero attached hydrogens (tertiary/aromatic N) is 2. The molecule has 68 valence electrons. The van der Waals surface area contributed by atoms with Crippen LogP contribution in [0.5, 0.6) is 5.95 Å². The van der Waals surface area contributed by atoms with Crippen molar-refractivity contribution in [2.45, 2.75) is 39.7 Å². The third-order valence-electron chi connectivity index (χ3n) is 1.69. The van der Waals surface area contributed by atoms with Crippen molar-refractivity contribution in [1.29, 1.82) is 0 Å². The highest BCUT2D eigenvalue weighted by atomic mass is 16.6. The molecule has 0 fully saturated rings. The van der Waals surface area contributed by atoms with Gasteiger partial charge in [-0.15, -0.1) is 0 Å². The van der Waals surface area contributed by atoms with Crippen LogP contribution in [0.1, 0.15) is 32.4 Å². The van der Waals surface area contributed by atoms with Crippen molar-refractivity contribution in [2.24, 2.45) is 0 Å². The Bertz CT molecular complexity index is 245. The normalized spacial score (nSPS) is 10.5. The molecule has 0 atom stereocenters. The van der Waals surface area contributed by atoms with Crippen LogP contribution < -0.4 is 9.79 Å². The van der Waals surface area contributed by atoms with Gasteiger partial charge in [-0.25, -0.2) is 0 Å². The van der Waals surface area contributed by atoms with E-state index in [4.69, 9.17) is 0 Å². The minimum atomic E-state index is -0.287. The summed E-state index contributed by atoms with van der Waals surface area (Å²) in [5.74, 6) is -0.287. The Kier molecular flexibility index (Phi) is 3.08. The van der Waals surface area contributed by atoms with Crippen LogP contribution >= 0.6 is 0 Å². The van der Waals surface area contributed by atoms with Crippen molar-refractivity contribution in [3.05, 3.63) is 5.69 Å². The monoisotopic (exact) mass is 170 g/mol. The molecule has 0 aliphatic carbocycles. The van der Waals surface area contributed by atoms with E-state index < -0.39 is 0 Å². The molecule has 0 amide bonds. The van der Waals surface area contributed by atoms with E-state index in [2.05, 4.69) is 9.79 Å². The van der Waals surface area contributed by atoms with E-state index in [0.29, 0.717) is 5.69 Å². The smallest absolute Gasteiger partial charge is 0.233 e. The summed E-state index contributed by atoms with van der Waals surface area (Å²) in [7, 11) is 0. The zero-order valence-corrected chi connectivity index (χ0v) is 7.54. The molecule has 1 rings (SSSR count). The largest absolute Gasteiger partial charge is 0.539 e. The summed E-state index contributed by atoms with van der Waals surface area (Å²) >= 11 is 0. The zero-order valence-electron chi connectivity index (χ0n) is 7.54. The molecular weight excluding hydrogens is 156 g/mol. The summed E-state index contributed by atoms with van der Waals surface area (Å²) in [6, 6.07) is 0. The molecule has 0 aliphatic rings. The SMILES string of the molecule is CCCc1c([O-])on[n+]1CCC. The summed E-state index contributed by atoms with van der Waals surface area (Å²) in [6.45, 7) is 4.84. The molecule has 1 aromatic heterocycles. The maximum atomic E-state index is 11.1. The van der Waals surface area contributed by atoms with E-state index in [0.717, 1.165) is 25.8 Å². The molecule has 0 aliphatic heterocycles. The molecular formula is C8H14N2O2. The van der Waals surface area contributed by atoms with Crippen LogP contribution in [0.4, 0.5) is 0 Å². The quantitative estimate of drug-likeness (QED) is 0.614. The predicted molar refractivity (Wildman–Crippen MR) is 40.4 cm³/mol. The van der Waals surface area contributed by atoms with Crippen molar-refractivity contribution >= 4 is 0 Å². The van der Waals surface area contributed by atoms with Crippen LogP contribution in [-0.2, 0) is 13.0 Å². The van der Waals surface area contributed by atoms with Crippen LogP contribution in [0.15, 0.2) is 4.52 Å². The molecule has 0 spiro atoms. The van der Waals surface area contributed by atoms with Gasteiger partial charge in [-0.3, -0.25) is 0 Å². The van der Waals surface area contributed by atoms with Crippen LogP contribution in [-0.4, -0.2) is 5.27 Å². The Hall–Kier alpha value is -1.06. The average Bonchev–Trinajstić information content (AvgIpc) is 2.37. The fourth-order valence-corrected chi connectivity index (χ4v) is 1.15. The van der Waals surface area contributed by atoms with Gasteiger partial charge in [-0.1, -0.05) is 18.5 Å². The van der Waals surface area contributed by atoms with E-state index in [1.807, 2.05) is 13.8 Å². The third-order valence-corrected chi connectivity index (χ3v) is 1.69. The van der Waals surface area contributed by atoms with Crippen LogP contribution in [0.25, 0.3) is 0 Å². The Morgan fingerprint density at radius 2 is 2.17 bits per heavy atom. The van der Waals surface area contributed by atoms with Gasteiger partial charge in [0.25, 0.3) is 0 Å². The molecule has 4 nitrogen and oxygen atoms in total. The Morgan fingerprint density at radius 3 is 2.75 bits per heavy atom. The van der Waals surface area contributed by atoms with E-state index in [9.17, 15) is 5.11 Å². The highest BCUT2D eigenvalue weighted by Gasteiger charge is 2.14. The summed E-state index contributed by atoms with van der Waals surface area (Å²) in [4.78, 5) is 0. The summed E-state index contributed by atoms with van der Waals surface area (Å²) in [5, 5.41) is 14.7. The molecule has 0 radical (unpaired) electrons. The van der Waals surface area contributed by atoms with Gasteiger partial charge >= 0.3 is 0 Å². The first-order valence-corrected chi connectivity index (χ1v) is 4.35. The van der Waals surface area contributed by atoms with Gasteiger partial charge in [0.2, 0.25) is 5.69 Å². The standard InChI is InChI=1S/C8H14N2O2/c1-3-5-7-8(11)12-9-10(7)6-4-2/h3-6H2,1-2H3. The second-order valence-electron chi connectivity index (χ2n) is 2.78. The van der Waals surface area contributed by atoms with Gasteiger partial charge < -0.3 is 9.63 Å². The highest BCUT2D eigenvalue weighted by Crippen LogP contribution is 2.08. The number of hydrogen-bond acceptors (Lipinski definition) is 3. The maximum absolute atomic E-state index is 11.1. The lowest BCUT2D eigenvalue weighted by Crippen LogP contribution is -2.39. The molecule has 12 heavy (non-hydrogen) atoms. The molecule has 0 aromatic carbocycles. The number of aryl methyl sites for hydroxylation is 1. The lowest BCUT2D eigenvalue weighted by molar-refractivity contribution is -0.768. The Balaban J connectivity index is 2.80. The van der Waals surface area contributed by atoms with E-state index >= 15 is 0 Å². The minimum absolute atomic E-state index is 0.287. The summed E-state index contributed by atoms with van der Waals surface area (Å²) < 4.78 is 6.22. The van der Waals surface area contributed by atoms with Crippen molar-refractivity contribution in [2.75, 3.05) is 0 Å². The van der Waals surface area contributed by atoms with Crippen LogP contribution in [0.2, 0.25) is 0 Å². The molecule has 4 heteroatoms. The topological polar surface area (TPSA) is 53.0 Å². The molecule has 0 N–H and O–H groups in total. The van der Waals surface area contributed by atoms with Crippen molar-refractivity contribution in [1.82, 2.24) is 5.27 Å². The molecule has 0 saturated heterocycles. The lowest BCUT2D eigenvalue weighted by atomic mass is 10.2. The second kappa shape index (κ2) is 4.09. The Morgan fingerprint density at radius 1 is 1.42 bits per heavy atom. The maximum Gasteiger partial charge on any atom is 0.233 e. The first-order valence-electron chi connectivity index (χ1n) is 4.35. The number of hydrogen-bond donors (Lipinski definition) is 0. The molecule has 1 aromatic rings. The third kappa shape index (κ3) is 1.75. The number of aromatic nitrogens is 2. The van der Waals surface area contributed by atoms with Gasteiger partial charge in [-0.05, 0) is 6.42 Å². The van der Waals surface area contributed by atoms with E-state index in [1.165, 1.54) is 0 Å².